The molecule has 0 aliphatic rings. The normalized spacial score (nSPS) is 12.0. The number of imidazole rings is 1. The molecule has 2 rings (SSSR count). The number of rotatable bonds is 6. The first-order chi connectivity index (χ1) is 10.6. The van der Waals surface area contributed by atoms with Gasteiger partial charge in [0.05, 0.1) is 10.6 Å². The number of nitriles is 1. The first-order valence-electron chi connectivity index (χ1n) is 6.80. The van der Waals surface area contributed by atoms with Crippen molar-refractivity contribution in [1.29, 1.82) is 5.26 Å². The van der Waals surface area contributed by atoms with Gasteiger partial charge in [-0.25, -0.2) is 9.37 Å². The van der Waals surface area contributed by atoms with Crippen molar-refractivity contribution in [3.8, 4) is 11.8 Å². The second kappa shape index (κ2) is 7.25. The summed E-state index contributed by atoms with van der Waals surface area (Å²) in [4.78, 5) is 4.27. The maximum absolute atomic E-state index is 13.5. The summed E-state index contributed by atoms with van der Waals surface area (Å²) in [5.74, 6) is 0.290. The predicted octanol–water partition coefficient (Wildman–Crippen LogP) is 2.94. The van der Waals surface area contributed by atoms with E-state index in [1.165, 1.54) is 6.07 Å². The largest absolute Gasteiger partial charge is 0.481 e. The summed E-state index contributed by atoms with van der Waals surface area (Å²) in [5.41, 5.74) is 5.65. The lowest BCUT2D eigenvalue weighted by atomic mass is 10.1. The third-order valence-corrected chi connectivity index (χ3v) is 3.52. The highest BCUT2D eigenvalue weighted by Crippen LogP contribution is 2.31. The maximum Gasteiger partial charge on any atom is 0.156 e. The zero-order chi connectivity index (χ0) is 16.1. The molecule has 2 N–H and O–H groups in total. The van der Waals surface area contributed by atoms with E-state index in [1.807, 2.05) is 17.7 Å². The van der Waals surface area contributed by atoms with E-state index < -0.39 is 11.9 Å². The SMILES string of the molecule is Cn1ccnc1[C@@H](CCCN)Oc1cc(Cl)c(F)cc1C#N. The van der Waals surface area contributed by atoms with Gasteiger partial charge in [-0.2, -0.15) is 5.26 Å². The van der Waals surface area contributed by atoms with Gasteiger partial charge in [-0.15, -0.1) is 0 Å². The fourth-order valence-corrected chi connectivity index (χ4v) is 2.25. The molecule has 0 fully saturated rings. The molecule has 1 aromatic carbocycles. The highest BCUT2D eigenvalue weighted by Gasteiger charge is 2.20. The average Bonchev–Trinajstić information content (AvgIpc) is 2.92. The van der Waals surface area contributed by atoms with Crippen molar-refractivity contribution >= 4 is 11.6 Å². The Hall–Kier alpha value is -2.10. The summed E-state index contributed by atoms with van der Waals surface area (Å²) in [6.45, 7) is 0.513. The molecule has 0 aliphatic carbocycles. The number of nitrogens with zero attached hydrogens (tertiary/aromatic N) is 3. The van der Waals surface area contributed by atoms with Crippen LogP contribution in [0.3, 0.4) is 0 Å². The van der Waals surface area contributed by atoms with Gasteiger partial charge in [0.15, 0.2) is 6.10 Å². The van der Waals surface area contributed by atoms with Crippen LogP contribution < -0.4 is 10.5 Å². The number of nitrogens with two attached hydrogens (primary N) is 1. The van der Waals surface area contributed by atoms with Crippen molar-refractivity contribution in [2.75, 3.05) is 6.54 Å². The Morgan fingerprint density at radius 1 is 1.55 bits per heavy atom. The predicted molar refractivity (Wildman–Crippen MR) is 81.0 cm³/mol. The summed E-state index contributed by atoms with van der Waals surface area (Å²) < 4.78 is 21.2. The molecule has 0 aliphatic heterocycles. The van der Waals surface area contributed by atoms with Gasteiger partial charge in [-0.3, -0.25) is 0 Å². The molecule has 22 heavy (non-hydrogen) atoms. The minimum absolute atomic E-state index is 0.0913. The van der Waals surface area contributed by atoms with Crippen LogP contribution in [-0.4, -0.2) is 16.1 Å². The summed E-state index contributed by atoms with van der Waals surface area (Å²) in [5, 5.41) is 9.04. The third-order valence-electron chi connectivity index (χ3n) is 3.23. The first-order valence-corrected chi connectivity index (χ1v) is 7.17. The van der Waals surface area contributed by atoms with Gasteiger partial charge in [0.25, 0.3) is 0 Å². The molecule has 7 heteroatoms. The standard InChI is InChI=1S/C15H16ClFN4O/c1-21-6-5-20-15(21)13(3-2-4-18)22-14-8-11(16)12(17)7-10(14)9-19/h5-8,13H,2-4,18H2,1H3/t13-/m1/s1. The van der Waals surface area contributed by atoms with Gasteiger partial charge in [-0.05, 0) is 25.5 Å². The zero-order valence-corrected chi connectivity index (χ0v) is 12.8. The quantitative estimate of drug-likeness (QED) is 0.887. The number of aryl methyl sites for hydroxylation is 1. The number of aromatic nitrogens is 2. The summed E-state index contributed by atoms with van der Waals surface area (Å²) >= 11 is 5.78. The van der Waals surface area contributed by atoms with Crippen LogP contribution in [0, 0.1) is 17.1 Å². The Bertz CT molecular complexity index is 695. The summed E-state index contributed by atoms with van der Waals surface area (Å²) in [6, 6.07) is 4.29. The van der Waals surface area contributed by atoms with Gasteiger partial charge in [-0.1, -0.05) is 11.6 Å². The lowest BCUT2D eigenvalue weighted by Gasteiger charge is -2.19. The summed E-state index contributed by atoms with van der Waals surface area (Å²) in [7, 11) is 1.85. The molecule has 0 saturated heterocycles. The van der Waals surface area contributed by atoms with Crippen LogP contribution in [0.4, 0.5) is 4.39 Å². The minimum atomic E-state index is -0.652. The van der Waals surface area contributed by atoms with E-state index in [2.05, 4.69) is 4.98 Å². The maximum atomic E-state index is 13.5. The van der Waals surface area contributed by atoms with Crippen LogP contribution in [0.2, 0.25) is 5.02 Å². The molecule has 0 radical (unpaired) electrons. The van der Waals surface area contributed by atoms with Crippen LogP contribution in [-0.2, 0) is 7.05 Å². The lowest BCUT2D eigenvalue weighted by molar-refractivity contribution is 0.178. The van der Waals surface area contributed by atoms with Crippen molar-refractivity contribution in [3.63, 3.8) is 0 Å². The van der Waals surface area contributed by atoms with Crippen LogP contribution >= 0.6 is 11.6 Å². The summed E-state index contributed by atoms with van der Waals surface area (Å²) in [6.07, 6.45) is 4.43. The van der Waals surface area contributed by atoms with Gasteiger partial charge in [0, 0.05) is 25.5 Å². The van der Waals surface area contributed by atoms with E-state index in [-0.39, 0.29) is 16.3 Å². The Morgan fingerprint density at radius 2 is 2.32 bits per heavy atom. The minimum Gasteiger partial charge on any atom is -0.481 e. The molecule has 1 atom stereocenters. The van der Waals surface area contributed by atoms with Crippen LogP contribution in [0.5, 0.6) is 5.75 Å². The fraction of sp³-hybridized carbons (Fsp3) is 0.333. The van der Waals surface area contributed by atoms with Gasteiger partial charge in [0.2, 0.25) is 0 Å². The van der Waals surface area contributed by atoms with Crippen molar-refractivity contribution in [2.24, 2.45) is 12.8 Å². The van der Waals surface area contributed by atoms with E-state index >= 15 is 0 Å². The number of hydrogen-bond acceptors (Lipinski definition) is 4. The topological polar surface area (TPSA) is 76.9 Å². The van der Waals surface area contributed by atoms with E-state index in [1.54, 1.807) is 12.4 Å². The lowest BCUT2D eigenvalue weighted by Crippen LogP contribution is -2.15. The fourth-order valence-electron chi connectivity index (χ4n) is 2.10. The molecule has 116 valence electrons. The second-order valence-corrected chi connectivity index (χ2v) is 5.22. The first kappa shape index (κ1) is 16.3. The Kier molecular flexibility index (Phi) is 5.36. The smallest absolute Gasteiger partial charge is 0.156 e. The van der Waals surface area contributed by atoms with Gasteiger partial charge in [0.1, 0.15) is 23.5 Å². The Morgan fingerprint density at radius 3 is 2.91 bits per heavy atom. The number of halogens is 2. The number of hydrogen-bond donors (Lipinski definition) is 1. The number of benzene rings is 1. The number of ether oxygens (including phenoxy) is 1. The average molecular weight is 323 g/mol. The molecule has 0 bridgehead atoms. The molecule has 0 amide bonds. The molecule has 0 unspecified atom stereocenters. The van der Waals surface area contributed by atoms with Gasteiger partial charge >= 0.3 is 0 Å². The van der Waals surface area contributed by atoms with Crippen molar-refractivity contribution in [3.05, 3.63) is 46.8 Å². The molecule has 0 spiro atoms. The highest BCUT2D eigenvalue weighted by molar-refractivity contribution is 6.30. The van der Waals surface area contributed by atoms with Crippen LogP contribution in [0.1, 0.15) is 30.3 Å². The van der Waals surface area contributed by atoms with E-state index in [0.717, 1.165) is 12.5 Å². The van der Waals surface area contributed by atoms with E-state index in [9.17, 15) is 4.39 Å². The molecule has 5 nitrogen and oxygen atoms in total. The van der Waals surface area contributed by atoms with Crippen LogP contribution in [0.25, 0.3) is 0 Å². The van der Waals surface area contributed by atoms with Crippen molar-refractivity contribution in [1.82, 2.24) is 9.55 Å². The van der Waals surface area contributed by atoms with Gasteiger partial charge < -0.3 is 15.0 Å². The third kappa shape index (κ3) is 3.56. The van der Waals surface area contributed by atoms with Crippen molar-refractivity contribution < 1.29 is 9.13 Å². The molecule has 0 saturated carbocycles. The molecular weight excluding hydrogens is 307 g/mol. The monoisotopic (exact) mass is 322 g/mol. The molecular formula is C15H16ClFN4O. The Labute approximate surface area is 133 Å². The van der Waals surface area contributed by atoms with Crippen LogP contribution in [0.15, 0.2) is 24.5 Å². The Balaban J connectivity index is 2.33. The molecule has 2 aromatic rings. The van der Waals surface area contributed by atoms with Crippen molar-refractivity contribution in [2.45, 2.75) is 18.9 Å². The molecule has 1 aromatic heterocycles. The van der Waals surface area contributed by atoms with E-state index in [4.69, 9.17) is 27.3 Å². The zero-order valence-electron chi connectivity index (χ0n) is 12.1. The van der Waals surface area contributed by atoms with E-state index in [0.29, 0.717) is 18.8 Å². The highest BCUT2D eigenvalue weighted by atomic mass is 35.5. The second-order valence-electron chi connectivity index (χ2n) is 4.81. The molecule has 1 heterocycles.